The normalized spacial score (nSPS) is 40.2. The number of esters is 1. The lowest BCUT2D eigenvalue weighted by Crippen LogP contribution is -2.58. The van der Waals surface area contributed by atoms with Crippen molar-refractivity contribution < 1.29 is 24.5 Å². The molecule has 1 aromatic heterocycles. The standard InChI is InChI=1S/C31H48N2O5S/c1-5-38-27(37)16-20-17-39-29(32-20)33-26(36)9-6-18(2)22-7-8-23-28-24(11-13-31(22,23)4)30(3)12-10-21(34)14-19(30)15-25(28)35/h17-19,21-25,28,34-35H,5-16H2,1-4H3,(H,32,33,36)/t18-,19+,21-,22-,23+,24+,25+,28+,30+,31-/m0/s1. The van der Waals surface area contributed by atoms with Crippen LogP contribution in [0.4, 0.5) is 5.13 Å². The maximum Gasteiger partial charge on any atom is 0.311 e. The van der Waals surface area contributed by atoms with Crippen LogP contribution in [0.15, 0.2) is 5.38 Å². The number of aliphatic hydroxyl groups is 2. The Labute approximate surface area is 237 Å². The van der Waals surface area contributed by atoms with Crippen molar-refractivity contribution in [2.24, 2.45) is 46.3 Å². The Balaban J connectivity index is 1.17. The monoisotopic (exact) mass is 560 g/mol. The Bertz CT molecular complexity index is 1050. The summed E-state index contributed by atoms with van der Waals surface area (Å²) in [6, 6.07) is 0. The van der Waals surface area contributed by atoms with Crippen LogP contribution in [0.1, 0.15) is 97.6 Å². The molecule has 0 unspecified atom stereocenters. The topological polar surface area (TPSA) is 109 Å². The zero-order valence-corrected chi connectivity index (χ0v) is 25.0. The highest BCUT2D eigenvalue weighted by atomic mass is 32.1. The second-order valence-electron chi connectivity index (χ2n) is 13.6. The van der Waals surface area contributed by atoms with E-state index in [0.29, 0.717) is 59.4 Å². The zero-order valence-electron chi connectivity index (χ0n) is 24.2. The van der Waals surface area contributed by atoms with Crippen molar-refractivity contribution in [2.45, 2.75) is 111 Å². The van der Waals surface area contributed by atoms with Gasteiger partial charge in [0.15, 0.2) is 5.13 Å². The predicted molar refractivity (Wildman–Crippen MR) is 152 cm³/mol. The Morgan fingerprint density at radius 2 is 1.87 bits per heavy atom. The second kappa shape index (κ2) is 11.4. The largest absolute Gasteiger partial charge is 0.466 e. The van der Waals surface area contributed by atoms with Gasteiger partial charge in [-0.25, -0.2) is 4.98 Å². The average molecular weight is 561 g/mol. The fourth-order valence-electron chi connectivity index (χ4n) is 9.72. The van der Waals surface area contributed by atoms with Crippen LogP contribution in [0.25, 0.3) is 0 Å². The SMILES string of the molecule is CCOC(=O)Cc1csc(NC(=O)CC[C@H](C)[C@@H]2CC[C@@H]3[C@H]4[C@H](O)C[C@H]5C[C@@H](O)CC[C@@]5(C)[C@@H]4CC[C@]32C)n1. The Morgan fingerprint density at radius 1 is 1.13 bits per heavy atom. The first kappa shape index (κ1) is 29.0. The molecule has 4 aliphatic rings. The Kier molecular flexibility index (Phi) is 8.48. The van der Waals surface area contributed by atoms with Gasteiger partial charge in [0, 0.05) is 11.8 Å². The lowest BCUT2D eigenvalue weighted by Gasteiger charge is -2.62. The number of hydrogen-bond donors (Lipinski definition) is 3. The third-order valence-electron chi connectivity index (χ3n) is 11.7. The zero-order chi connectivity index (χ0) is 27.9. The summed E-state index contributed by atoms with van der Waals surface area (Å²) in [6.45, 7) is 9.38. The van der Waals surface area contributed by atoms with Crippen LogP contribution in [-0.4, -0.2) is 45.9 Å². The molecule has 1 aromatic rings. The summed E-state index contributed by atoms with van der Waals surface area (Å²) in [5.74, 6) is 2.59. The summed E-state index contributed by atoms with van der Waals surface area (Å²) in [6.07, 6.45) is 9.43. The maximum absolute atomic E-state index is 12.8. The number of carbonyl (C=O) groups excluding carboxylic acids is 2. The molecule has 0 spiro atoms. The summed E-state index contributed by atoms with van der Waals surface area (Å²) >= 11 is 1.34. The molecule has 0 bridgehead atoms. The second-order valence-corrected chi connectivity index (χ2v) is 14.5. The minimum atomic E-state index is -0.306. The molecule has 10 atom stereocenters. The van der Waals surface area contributed by atoms with Crippen molar-refractivity contribution in [1.29, 1.82) is 0 Å². The summed E-state index contributed by atoms with van der Waals surface area (Å²) in [5.41, 5.74) is 1.09. The number of fused-ring (bicyclic) bond motifs is 5. The van der Waals surface area contributed by atoms with Gasteiger partial charge in [0.1, 0.15) is 0 Å². The van der Waals surface area contributed by atoms with E-state index in [0.717, 1.165) is 32.1 Å². The van der Waals surface area contributed by atoms with E-state index in [1.165, 1.54) is 37.0 Å². The molecule has 3 N–H and O–H groups in total. The molecule has 39 heavy (non-hydrogen) atoms. The molecule has 1 amide bonds. The quantitative estimate of drug-likeness (QED) is 0.358. The van der Waals surface area contributed by atoms with E-state index in [2.05, 4.69) is 31.1 Å². The first-order chi connectivity index (χ1) is 18.5. The van der Waals surface area contributed by atoms with Gasteiger partial charge in [-0.15, -0.1) is 11.3 Å². The number of nitrogens with zero attached hydrogens (tertiary/aromatic N) is 1. The van der Waals surface area contributed by atoms with Gasteiger partial charge in [-0.3, -0.25) is 9.59 Å². The number of ether oxygens (including phenoxy) is 1. The van der Waals surface area contributed by atoms with E-state index in [-0.39, 0.29) is 41.3 Å². The van der Waals surface area contributed by atoms with Gasteiger partial charge < -0.3 is 20.3 Å². The van der Waals surface area contributed by atoms with Crippen LogP contribution < -0.4 is 5.32 Å². The van der Waals surface area contributed by atoms with E-state index in [4.69, 9.17) is 4.74 Å². The van der Waals surface area contributed by atoms with Crippen LogP contribution in [0.3, 0.4) is 0 Å². The first-order valence-corrected chi connectivity index (χ1v) is 16.2. The predicted octanol–water partition coefficient (Wildman–Crippen LogP) is 5.59. The highest BCUT2D eigenvalue weighted by molar-refractivity contribution is 7.13. The minimum Gasteiger partial charge on any atom is -0.466 e. The van der Waals surface area contributed by atoms with Gasteiger partial charge in [-0.1, -0.05) is 20.8 Å². The van der Waals surface area contributed by atoms with Gasteiger partial charge in [0.25, 0.3) is 0 Å². The molecule has 4 aliphatic carbocycles. The number of carbonyl (C=O) groups is 2. The first-order valence-electron chi connectivity index (χ1n) is 15.3. The molecular formula is C31H48N2O5S. The summed E-state index contributed by atoms with van der Waals surface area (Å²) in [4.78, 5) is 28.8. The summed E-state index contributed by atoms with van der Waals surface area (Å²) < 4.78 is 4.98. The number of hydrogen-bond acceptors (Lipinski definition) is 7. The van der Waals surface area contributed by atoms with Crippen LogP contribution in [0.5, 0.6) is 0 Å². The molecule has 5 rings (SSSR count). The number of amides is 1. The smallest absolute Gasteiger partial charge is 0.311 e. The van der Waals surface area contributed by atoms with Crippen LogP contribution in [0.2, 0.25) is 0 Å². The third-order valence-corrected chi connectivity index (χ3v) is 12.5. The minimum absolute atomic E-state index is 0.0246. The van der Waals surface area contributed by atoms with Crippen LogP contribution in [0, 0.1) is 46.3 Å². The molecule has 4 fully saturated rings. The molecule has 218 valence electrons. The third kappa shape index (κ3) is 5.54. The fraction of sp³-hybridized carbons (Fsp3) is 0.839. The van der Waals surface area contributed by atoms with Crippen molar-refractivity contribution in [2.75, 3.05) is 11.9 Å². The van der Waals surface area contributed by atoms with Crippen molar-refractivity contribution in [1.82, 2.24) is 4.98 Å². The van der Waals surface area contributed by atoms with Crippen LogP contribution in [-0.2, 0) is 20.7 Å². The molecule has 0 aliphatic heterocycles. The average Bonchev–Trinajstić information content (AvgIpc) is 3.47. The van der Waals surface area contributed by atoms with Gasteiger partial charge in [-0.05, 0) is 111 Å². The molecule has 7 nitrogen and oxygen atoms in total. The lowest BCUT2D eigenvalue weighted by atomic mass is 9.43. The van der Waals surface area contributed by atoms with Gasteiger partial charge in [0.2, 0.25) is 5.91 Å². The van der Waals surface area contributed by atoms with E-state index in [9.17, 15) is 19.8 Å². The molecular weight excluding hydrogens is 512 g/mol. The lowest BCUT2D eigenvalue weighted by molar-refractivity contribution is -0.174. The van der Waals surface area contributed by atoms with E-state index < -0.39 is 0 Å². The fourth-order valence-corrected chi connectivity index (χ4v) is 10.4. The van der Waals surface area contributed by atoms with E-state index in [1.54, 1.807) is 12.3 Å². The number of rotatable bonds is 8. The molecule has 0 aromatic carbocycles. The molecule has 0 saturated heterocycles. The molecule has 4 saturated carbocycles. The van der Waals surface area contributed by atoms with E-state index >= 15 is 0 Å². The van der Waals surface area contributed by atoms with Gasteiger partial charge >= 0.3 is 5.97 Å². The van der Waals surface area contributed by atoms with Crippen molar-refractivity contribution in [3.63, 3.8) is 0 Å². The highest BCUT2D eigenvalue weighted by Gasteiger charge is 2.62. The number of thiazole rings is 1. The molecule has 8 heteroatoms. The highest BCUT2D eigenvalue weighted by Crippen LogP contribution is 2.68. The Morgan fingerprint density at radius 3 is 2.64 bits per heavy atom. The molecule has 1 heterocycles. The maximum atomic E-state index is 12.8. The van der Waals surface area contributed by atoms with Crippen molar-refractivity contribution in [3.8, 4) is 0 Å². The Hall–Kier alpha value is -1.51. The number of aliphatic hydroxyl groups excluding tert-OH is 2. The van der Waals surface area contributed by atoms with Crippen molar-refractivity contribution in [3.05, 3.63) is 11.1 Å². The number of anilines is 1. The summed E-state index contributed by atoms with van der Waals surface area (Å²) in [7, 11) is 0. The van der Waals surface area contributed by atoms with Gasteiger partial charge in [0.05, 0.1) is 30.9 Å². The number of aromatic nitrogens is 1. The van der Waals surface area contributed by atoms with E-state index in [1.807, 2.05) is 0 Å². The van der Waals surface area contributed by atoms with Gasteiger partial charge in [-0.2, -0.15) is 0 Å². The summed E-state index contributed by atoms with van der Waals surface area (Å²) in [5, 5.41) is 27.0. The van der Waals surface area contributed by atoms with Crippen LogP contribution >= 0.6 is 11.3 Å². The number of nitrogens with one attached hydrogen (secondary N) is 1. The molecule has 0 radical (unpaired) electrons. The van der Waals surface area contributed by atoms with Crippen molar-refractivity contribution >= 4 is 28.3 Å².